The molecule has 0 unspecified atom stereocenters. The number of aromatic nitrogens is 1. The summed E-state index contributed by atoms with van der Waals surface area (Å²) in [5.41, 5.74) is 0. The molecular weight excluding hydrogens is 380 g/mol. The van der Waals surface area contributed by atoms with Gasteiger partial charge in [0.2, 0.25) is 15.9 Å². The normalized spacial score (nSPS) is 21.2. The number of thiophene rings is 1. The van der Waals surface area contributed by atoms with Crippen LogP contribution in [0.2, 0.25) is 5.02 Å². The Kier molecular flexibility index (Phi) is 5.99. The van der Waals surface area contributed by atoms with E-state index in [1.807, 2.05) is 13.0 Å². The average molecular weight is 401 g/mol. The minimum absolute atomic E-state index is 0.0461. The Bertz CT molecular complexity index is 798. The monoisotopic (exact) mass is 400 g/mol. The zero-order valence-electron chi connectivity index (χ0n) is 13.9. The molecule has 1 aliphatic carbocycles. The first-order chi connectivity index (χ1) is 12.0. The van der Waals surface area contributed by atoms with Crippen molar-refractivity contribution >= 4 is 33.0 Å². The van der Waals surface area contributed by atoms with Crippen molar-refractivity contribution in [2.45, 2.75) is 55.4 Å². The molecule has 0 saturated heterocycles. The van der Waals surface area contributed by atoms with E-state index in [0.29, 0.717) is 15.1 Å². The molecule has 1 N–H and O–H groups in total. The molecule has 25 heavy (non-hydrogen) atoms. The van der Waals surface area contributed by atoms with Gasteiger partial charge in [-0.15, -0.1) is 11.3 Å². The summed E-state index contributed by atoms with van der Waals surface area (Å²) in [5, 5.41) is 0.574. The van der Waals surface area contributed by atoms with Crippen molar-refractivity contribution < 1.29 is 13.2 Å². The summed E-state index contributed by atoms with van der Waals surface area (Å²) in [4.78, 5) is 5.21. The van der Waals surface area contributed by atoms with Gasteiger partial charge in [0.25, 0.3) is 0 Å². The smallest absolute Gasteiger partial charge is 0.250 e. The second-order valence-corrected chi connectivity index (χ2v) is 9.65. The Morgan fingerprint density at radius 3 is 2.60 bits per heavy atom. The topological polar surface area (TPSA) is 68.3 Å². The van der Waals surface area contributed by atoms with Crippen molar-refractivity contribution in [2.75, 3.05) is 0 Å². The molecule has 0 spiro atoms. The fourth-order valence-corrected chi connectivity index (χ4v) is 5.60. The van der Waals surface area contributed by atoms with Gasteiger partial charge in [-0.25, -0.2) is 18.1 Å². The van der Waals surface area contributed by atoms with Crippen LogP contribution in [0.5, 0.6) is 5.88 Å². The van der Waals surface area contributed by atoms with Crippen LogP contribution in [-0.4, -0.2) is 25.5 Å². The molecule has 0 amide bonds. The van der Waals surface area contributed by atoms with E-state index in [-0.39, 0.29) is 12.1 Å². The van der Waals surface area contributed by atoms with E-state index >= 15 is 0 Å². The maximum absolute atomic E-state index is 12.5. The number of nitrogens with one attached hydrogen (secondary N) is 1. The minimum atomic E-state index is -3.43. The van der Waals surface area contributed by atoms with E-state index in [2.05, 4.69) is 9.71 Å². The Morgan fingerprint density at radius 2 is 2.00 bits per heavy atom. The Hall–Kier alpha value is -1.15. The third kappa shape index (κ3) is 4.94. The largest absolute Gasteiger partial charge is 0.474 e. The van der Waals surface area contributed by atoms with Gasteiger partial charge in [0, 0.05) is 23.2 Å². The van der Waals surface area contributed by atoms with Crippen molar-refractivity contribution in [3.63, 3.8) is 0 Å². The third-order valence-electron chi connectivity index (χ3n) is 4.23. The van der Waals surface area contributed by atoms with Gasteiger partial charge in [-0.1, -0.05) is 18.5 Å². The highest BCUT2D eigenvalue weighted by atomic mass is 35.5. The summed E-state index contributed by atoms with van der Waals surface area (Å²) in [6, 6.07) is 7.01. The van der Waals surface area contributed by atoms with E-state index in [1.165, 1.54) is 11.3 Å². The SMILES string of the molecule is CCc1ccc(S(=O)(=O)NC2CCC(Oc3ccc(Cl)cn3)CC2)s1. The maximum Gasteiger partial charge on any atom is 0.250 e. The van der Waals surface area contributed by atoms with Crippen LogP contribution in [0.4, 0.5) is 0 Å². The molecule has 2 heterocycles. The van der Waals surface area contributed by atoms with Crippen molar-refractivity contribution in [3.8, 4) is 5.88 Å². The highest BCUT2D eigenvalue weighted by Crippen LogP contribution is 2.26. The number of pyridine rings is 1. The van der Waals surface area contributed by atoms with Crippen LogP contribution in [0, 0.1) is 0 Å². The minimum Gasteiger partial charge on any atom is -0.474 e. The van der Waals surface area contributed by atoms with E-state index in [9.17, 15) is 8.42 Å². The number of hydrogen-bond donors (Lipinski definition) is 1. The number of aryl methyl sites for hydroxylation is 1. The quantitative estimate of drug-likeness (QED) is 0.794. The zero-order valence-corrected chi connectivity index (χ0v) is 16.3. The molecule has 0 aromatic carbocycles. The van der Waals surface area contributed by atoms with Gasteiger partial charge < -0.3 is 4.74 Å². The van der Waals surface area contributed by atoms with Crippen molar-refractivity contribution in [3.05, 3.63) is 40.4 Å². The van der Waals surface area contributed by atoms with E-state index < -0.39 is 10.0 Å². The lowest BCUT2D eigenvalue weighted by Gasteiger charge is -2.28. The molecule has 1 saturated carbocycles. The predicted octanol–water partition coefficient (Wildman–Crippen LogP) is 4.03. The summed E-state index contributed by atoms with van der Waals surface area (Å²) in [6.45, 7) is 2.02. The molecular formula is C17H21ClN2O3S2. The van der Waals surface area contributed by atoms with Crippen LogP contribution in [0.25, 0.3) is 0 Å². The first kappa shape index (κ1) is 18.6. The molecule has 0 radical (unpaired) electrons. The Balaban J connectivity index is 1.52. The van der Waals surface area contributed by atoms with Gasteiger partial charge >= 0.3 is 0 Å². The van der Waals surface area contributed by atoms with E-state index in [0.717, 1.165) is 37.0 Å². The summed E-state index contributed by atoms with van der Waals surface area (Å²) in [7, 11) is -3.43. The van der Waals surface area contributed by atoms with E-state index in [4.69, 9.17) is 16.3 Å². The molecule has 136 valence electrons. The molecule has 0 aliphatic heterocycles. The molecule has 2 aromatic heterocycles. The van der Waals surface area contributed by atoms with Gasteiger partial charge in [0.1, 0.15) is 10.3 Å². The second kappa shape index (κ2) is 8.03. The summed E-state index contributed by atoms with van der Waals surface area (Å²) < 4.78 is 34.0. The lowest BCUT2D eigenvalue weighted by atomic mass is 9.94. The number of nitrogens with zero attached hydrogens (tertiary/aromatic N) is 1. The van der Waals surface area contributed by atoms with Gasteiger partial charge in [-0.05, 0) is 50.3 Å². The van der Waals surface area contributed by atoms with Crippen molar-refractivity contribution in [1.82, 2.24) is 9.71 Å². The number of rotatable bonds is 6. The molecule has 5 nitrogen and oxygen atoms in total. The van der Waals surface area contributed by atoms with Crippen LogP contribution in [0.3, 0.4) is 0 Å². The van der Waals surface area contributed by atoms with Crippen LogP contribution < -0.4 is 9.46 Å². The molecule has 2 aromatic rings. The third-order valence-corrected chi connectivity index (χ3v) is 7.70. The fourth-order valence-electron chi connectivity index (χ4n) is 2.87. The van der Waals surface area contributed by atoms with Gasteiger partial charge in [0.05, 0.1) is 5.02 Å². The first-order valence-electron chi connectivity index (χ1n) is 8.35. The molecule has 8 heteroatoms. The van der Waals surface area contributed by atoms with Crippen LogP contribution in [-0.2, 0) is 16.4 Å². The molecule has 1 aliphatic rings. The van der Waals surface area contributed by atoms with Gasteiger partial charge in [-0.2, -0.15) is 0 Å². The standard InChI is InChI=1S/C17H21ClN2O3S2/c1-2-15-8-10-17(24-15)25(21,22)20-13-4-6-14(7-5-13)23-16-9-3-12(18)11-19-16/h3,8-11,13-14,20H,2,4-7H2,1H3. The van der Waals surface area contributed by atoms with Crippen LogP contribution in [0.15, 0.2) is 34.7 Å². The van der Waals surface area contributed by atoms with Crippen molar-refractivity contribution in [1.29, 1.82) is 0 Å². The van der Waals surface area contributed by atoms with Crippen LogP contribution >= 0.6 is 22.9 Å². The number of halogens is 1. The summed E-state index contributed by atoms with van der Waals surface area (Å²) in [6.07, 6.45) is 5.56. The lowest BCUT2D eigenvalue weighted by Crippen LogP contribution is -2.39. The van der Waals surface area contributed by atoms with Gasteiger partial charge in [-0.3, -0.25) is 0 Å². The average Bonchev–Trinajstić information content (AvgIpc) is 3.09. The second-order valence-electron chi connectivity index (χ2n) is 6.10. The first-order valence-corrected chi connectivity index (χ1v) is 11.0. The number of ether oxygens (including phenoxy) is 1. The van der Waals surface area contributed by atoms with Crippen LogP contribution in [0.1, 0.15) is 37.5 Å². The Labute approximate surface area is 157 Å². The van der Waals surface area contributed by atoms with Crippen molar-refractivity contribution in [2.24, 2.45) is 0 Å². The molecule has 1 fully saturated rings. The Morgan fingerprint density at radius 1 is 1.24 bits per heavy atom. The highest BCUT2D eigenvalue weighted by Gasteiger charge is 2.27. The van der Waals surface area contributed by atoms with Gasteiger partial charge in [0.15, 0.2) is 0 Å². The number of hydrogen-bond acceptors (Lipinski definition) is 5. The molecule has 0 bridgehead atoms. The molecule has 3 rings (SSSR count). The number of sulfonamides is 1. The summed E-state index contributed by atoms with van der Waals surface area (Å²) in [5.74, 6) is 0.555. The predicted molar refractivity (Wildman–Crippen MR) is 99.9 cm³/mol. The van der Waals surface area contributed by atoms with E-state index in [1.54, 1.807) is 24.4 Å². The fraction of sp³-hybridized carbons (Fsp3) is 0.471. The highest BCUT2D eigenvalue weighted by molar-refractivity contribution is 7.91. The lowest BCUT2D eigenvalue weighted by molar-refractivity contribution is 0.138. The maximum atomic E-state index is 12.5. The zero-order chi connectivity index (χ0) is 17.9. The summed E-state index contributed by atoms with van der Waals surface area (Å²) >= 11 is 7.15. The molecule has 0 atom stereocenters.